The maximum absolute atomic E-state index is 12.7. The van der Waals surface area contributed by atoms with E-state index in [1.54, 1.807) is 0 Å². The number of carbonyl (C=O) groups excluding carboxylic acids is 1. The fraction of sp³-hybridized carbons (Fsp3) is 0.667. The van der Waals surface area contributed by atoms with E-state index in [0.717, 1.165) is 6.42 Å². The van der Waals surface area contributed by atoms with Gasteiger partial charge in [-0.05, 0) is 32.7 Å². The van der Waals surface area contributed by atoms with Crippen LogP contribution >= 0.6 is 0 Å². The fourth-order valence-corrected chi connectivity index (χ4v) is 4.04. The Balaban J connectivity index is 2.03. The van der Waals surface area contributed by atoms with Gasteiger partial charge in [-0.25, -0.2) is 13.2 Å². The topological polar surface area (TPSA) is 112 Å². The van der Waals surface area contributed by atoms with Gasteiger partial charge in [0.2, 0.25) is 5.09 Å². The average Bonchev–Trinajstić information content (AvgIpc) is 2.97. The number of carbonyl (C=O) groups is 1. The molecule has 1 fully saturated rings. The Hall–Kier alpha value is -1.42. The molecule has 2 rings (SSSR count). The number of hydrogen-bond donors (Lipinski definition) is 1. The van der Waals surface area contributed by atoms with Gasteiger partial charge < -0.3 is 19.6 Å². The minimum Gasteiger partial charge on any atom is -0.465 e. The Kier molecular flexibility index (Phi) is 6.39. The molecular weight excluding hydrogens is 336 g/mol. The molecule has 1 aromatic rings. The Morgan fingerprint density at radius 3 is 2.67 bits per heavy atom. The normalized spacial score (nSPS) is 17.1. The Labute approximate surface area is 141 Å². The molecule has 1 aliphatic heterocycles. The molecule has 0 bridgehead atoms. The van der Waals surface area contributed by atoms with Crippen molar-refractivity contribution in [2.24, 2.45) is 5.73 Å². The van der Waals surface area contributed by atoms with Crippen LogP contribution in [0.25, 0.3) is 0 Å². The molecule has 1 aromatic heterocycles. The minimum atomic E-state index is -3.77. The third-order valence-electron chi connectivity index (χ3n) is 4.00. The first kappa shape index (κ1) is 18.9. The monoisotopic (exact) mass is 360 g/mol. The molecule has 0 aromatic carbocycles. The van der Waals surface area contributed by atoms with Gasteiger partial charge in [0.05, 0.1) is 13.2 Å². The molecule has 1 saturated heterocycles. The van der Waals surface area contributed by atoms with Gasteiger partial charge in [-0.1, -0.05) is 0 Å². The lowest BCUT2D eigenvalue weighted by Gasteiger charge is -2.30. The number of methoxy groups -OCH3 is 1. The summed E-state index contributed by atoms with van der Waals surface area (Å²) in [6.07, 6.45) is 2.08. The second-order valence-corrected chi connectivity index (χ2v) is 7.51. The van der Waals surface area contributed by atoms with Crippen molar-refractivity contribution in [1.82, 2.24) is 4.31 Å². The smallest absolute Gasteiger partial charge is 0.341 e. The number of nitrogens with two attached hydrogens (primary N) is 1. The van der Waals surface area contributed by atoms with Crippen LogP contribution < -0.4 is 5.73 Å². The summed E-state index contributed by atoms with van der Waals surface area (Å²) < 4.78 is 42.2. The van der Waals surface area contributed by atoms with E-state index in [-0.39, 0.29) is 22.5 Å². The Bertz CT molecular complexity index is 662. The van der Waals surface area contributed by atoms with Crippen molar-refractivity contribution < 1.29 is 27.1 Å². The van der Waals surface area contributed by atoms with Gasteiger partial charge in [-0.15, -0.1) is 0 Å². The van der Waals surface area contributed by atoms with Crippen molar-refractivity contribution in [1.29, 1.82) is 0 Å². The number of aryl methyl sites for hydroxylation is 1. The van der Waals surface area contributed by atoms with Crippen molar-refractivity contribution in [3.05, 3.63) is 17.4 Å². The van der Waals surface area contributed by atoms with Crippen molar-refractivity contribution in [2.45, 2.75) is 37.4 Å². The van der Waals surface area contributed by atoms with E-state index in [0.29, 0.717) is 39.1 Å². The maximum atomic E-state index is 12.7. The van der Waals surface area contributed by atoms with E-state index in [4.69, 9.17) is 14.9 Å². The largest absolute Gasteiger partial charge is 0.465 e. The van der Waals surface area contributed by atoms with Crippen LogP contribution in [-0.4, -0.2) is 58.1 Å². The van der Waals surface area contributed by atoms with Gasteiger partial charge in [0, 0.05) is 25.8 Å². The lowest BCUT2D eigenvalue weighted by atomic mass is 10.1. The second kappa shape index (κ2) is 8.11. The summed E-state index contributed by atoms with van der Waals surface area (Å²) in [4.78, 5) is 11.6. The van der Waals surface area contributed by atoms with Gasteiger partial charge in [0.1, 0.15) is 11.3 Å². The van der Waals surface area contributed by atoms with Gasteiger partial charge in [-0.3, -0.25) is 0 Å². The zero-order chi connectivity index (χ0) is 17.7. The van der Waals surface area contributed by atoms with Crippen LogP contribution in [0.3, 0.4) is 0 Å². The predicted molar refractivity (Wildman–Crippen MR) is 86.2 cm³/mol. The summed E-state index contributed by atoms with van der Waals surface area (Å²) in [6, 6.07) is 1.22. The van der Waals surface area contributed by atoms with Gasteiger partial charge in [-0.2, -0.15) is 4.31 Å². The molecule has 1 aliphatic rings. The summed E-state index contributed by atoms with van der Waals surface area (Å²) in [5.74, 6) is -0.398. The van der Waals surface area contributed by atoms with E-state index in [1.807, 2.05) is 0 Å². The number of ether oxygens (including phenoxy) is 2. The quantitative estimate of drug-likeness (QED) is 0.568. The molecule has 0 unspecified atom stereocenters. The van der Waals surface area contributed by atoms with E-state index in [2.05, 4.69) is 4.74 Å². The number of esters is 1. The van der Waals surface area contributed by atoms with E-state index < -0.39 is 16.0 Å². The lowest BCUT2D eigenvalue weighted by molar-refractivity contribution is 0.0207. The first-order chi connectivity index (χ1) is 11.4. The number of sulfonamides is 1. The molecule has 0 spiro atoms. The van der Waals surface area contributed by atoms with E-state index >= 15 is 0 Å². The summed E-state index contributed by atoms with van der Waals surface area (Å²) >= 11 is 0. The predicted octanol–water partition coefficient (Wildman–Crippen LogP) is 0.893. The third kappa shape index (κ3) is 4.15. The van der Waals surface area contributed by atoms with Crippen molar-refractivity contribution in [3.8, 4) is 0 Å². The molecule has 2 heterocycles. The average molecular weight is 360 g/mol. The maximum Gasteiger partial charge on any atom is 0.341 e. The summed E-state index contributed by atoms with van der Waals surface area (Å²) in [5, 5.41) is -0.233. The highest BCUT2D eigenvalue weighted by atomic mass is 32.2. The molecule has 9 heteroatoms. The van der Waals surface area contributed by atoms with Crippen molar-refractivity contribution in [2.75, 3.05) is 33.4 Å². The van der Waals surface area contributed by atoms with E-state index in [1.165, 1.54) is 24.4 Å². The second-order valence-electron chi connectivity index (χ2n) is 5.64. The van der Waals surface area contributed by atoms with Crippen molar-refractivity contribution in [3.63, 3.8) is 0 Å². The highest BCUT2D eigenvalue weighted by Crippen LogP contribution is 2.26. The van der Waals surface area contributed by atoms with Crippen LogP contribution in [0.15, 0.2) is 15.6 Å². The Morgan fingerprint density at radius 1 is 1.42 bits per heavy atom. The number of nitrogens with zero attached hydrogens (tertiary/aromatic N) is 1. The van der Waals surface area contributed by atoms with Crippen LogP contribution in [0, 0.1) is 6.92 Å². The summed E-state index contributed by atoms with van der Waals surface area (Å²) in [7, 11) is -2.54. The Morgan fingerprint density at radius 2 is 2.08 bits per heavy atom. The van der Waals surface area contributed by atoms with Crippen LogP contribution in [-0.2, 0) is 19.5 Å². The van der Waals surface area contributed by atoms with Crippen LogP contribution in [0.2, 0.25) is 0 Å². The first-order valence-corrected chi connectivity index (χ1v) is 9.34. The fourth-order valence-electron chi connectivity index (χ4n) is 2.59. The molecule has 136 valence electrons. The van der Waals surface area contributed by atoms with Gasteiger partial charge in [0.15, 0.2) is 0 Å². The molecule has 0 atom stereocenters. The van der Waals surface area contributed by atoms with Crippen LogP contribution in [0.4, 0.5) is 0 Å². The minimum absolute atomic E-state index is 0.0481. The molecule has 0 amide bonds. The molecular formula is C15H24N2O6S. The summed E-state index contributed by atoms with van der Waals surface area (Å²) in [5.41, 5.74) is 5.54. The number of furan rings is 1. The zero-order valence-electron chi connectivity index (χ0n) is 14.0. The highest BCUT2D eigenvalue weighted by molar-refractivity contribution is 7.89. The number of piperidine rings is 1. The van der Waals surface area contributed by atoms with E-state index in [9.17, 15) is 13.2 Å². The van der Waals surface area contributed by atoms with Crippen molar-refractivity contribution >= 4 is 16.0 Å². The number of hydrogen-bond acceptors (Lipinski definition) is 7. The SMILES string of the molecule is COC(=O)c1cc(S(=O)(=O)N2CCC(OCCCN)CC2)oc1C. The highest BCUT2D eigenvalue weighted by Gasteiger charge is 2.33. The first-order valence-electron chi connectivity index (χ1n) is 7.90. The molecule has 8 nitrogen and oxygen atoms in total. The van der Waals surface area contributed by atoms with Crippen LogP contribution in [0.1, 0.15) is 35.4 Å². The molecule has 24 heavy (non-hydrogen) atoms. The number of rotatable bonds is 7. The summed E-state index contributed by atoms with van der Waals surface area (Å²) in [6.45, 7) is 3.40. The lowest BCUT2D eigenvalue weighted by Crippen LogP contribution is -2.40. The van der Waals surface area contributed by atoms with Gasteiger partial charge in [0.25, 0.3) is 10.0 Å². The standard InChI is InChI=1S/C15H24N2O6S/c1-11-13(15(18)21-2)10-14(23-11)24(19,20)17-7-4-12(5-8-17)22-9-3-6-16/h10,12H,3-9,16H2,1-2H3. The van der Waals surface area contributed by atoms with Crippen LogP contribution in [0.5, 0.6) is 0 Å². The molecule has 2 N–H and O–H groups in total. The molecule has 0 saturated carbocycles. The zero-order valence-corrected chi connectivity index (χ0v) is 14.8. The van der Waals surface area contributed by atoms with Gasteiger partial charge >= 0.3 is 5.97 Å². The molecule has 0 aliphatic carbocycles. The third-order valence-corrected chi connectivity index (χ3v) is 5.75. The molecule has 0 radical (unpaired) electrons.